The molecule has 0 unspecified atom stereocenters. The lowest BCUT2D eigenvalue weighted by molar-refractivity contribution is -0.139. The SMILES string of the molecule is Cc1cc(C2(c3ccc(Oc4cc(N)ccc4C(F)(F)F)c(C)c3)c3ccccc3-c3ccccc32)ccc1Oc1cc(N)ccc1C(F)(F)F. The number of aryl methyl sites for hydroxylation is 2. The largest absolute Gasteiger partial charge is 0.456 e. The van der Waals surface area contributed by atoms with Gasteiger partial charge in [0.05, 0.1) is 16.5 Å². The van der Waals surface area contributed by atoms with Gasteiger partial charge in [0.25, 0.3) is 0 Å². The summed E-state index contributed by atoms with van der Waals surface area (Å²) in [7, 11) is 0. The molecule has 6 aromatic rings. The van der Waals surface area contributed by atoms with Crippen LogP contribution in [0.15, 0.2) is 121 Å². The lowest BCUT2D eigenvalue weighted by Gasteiger charge is -2.34. The molecule has 0 amide bonds. The Morgan fingerprint density at radius 1 is 0.471 bits per heavy atom. The molecule has 0 bridgehead atoms. The van der Waals surface area contributed by atoms with E-state index in [1.165, 1.54) is 12.1 Å². The molecule has 1 aliphatic rings. The summed E-state index contributed by atoms with van der Waals surface area (Å²) in [5.41, 5.74) is 15.7. The zero-order valence-corrected chi connectivity index (χ0v) is 27.3. The van der Waals surface area contributed by atoms with Crippen molar-refractivity contribution in [3.05, 3.63) is 166 Å². The number of fused-ring (bicyclic) bond motifs is 3. The summed E-state index contributed by atoms with van der Waals surface area (Å²) in [6.45, 7) is 3.51. The molecule has 0 atom stereocenters. The summed E-state index contributed by atoms with van der Waals surface area (Å²) < 4.78 is 94.9. The van der Waals surface area contributed by atoms with Gasteiger partial charge in [0.15, 0.2) is 0 Å². The molecule has 1 aliphatic carbocycles. The highest BCUT2D eigenvalue weighted by Crippen LogP contribution is 2.57. The molecule has 0 aromatic heterocycles. The van der Waals surface area contributed by atoms with Crippen molar-refractivity contribution in [2.45, 2.75) is 31.6 Å². The first-order chi connectivity index (χ1) is 24.2. The lowest BCUT2D eigenvalue weighted by Crippen LogP contribution is -2.29. The van der Waals surface area contributed by atoms with Gasteiger partial charge in [-0.2, -0.15) is 26.3 Å². The second-order valence-corrected chi connectivity index (χ2v) is 12.5. The van der Waals surface area contributed by atoms with Gasteiger partial charge in [0, 0.05) is 23.5 Å². The highest BCUT2D eigenvalue weighted by atomic mass is 19.4. The Hall–Kier alpha value is -5.90. The van der Waals surface area contributed by atoms with Crippen LogP contribution >= 0.6 is 0 Å². The van der Waals surface area contributed by atoms with E-state index in [0.717, 1.165) is 57.6 Å². The van der Waals surface area contributed by atoms with Gasteiger partial charge < -0.3 is 20.9 Å². The van der Waals surface area contributed by atoms with E-state index in [9.17, 15) is 26.3 Å². The monoisotopic (exact) mass is 696 g/mol. The third-order valence-corrected chi connectivity index (χ3v) is 9.23. The molecule has 0 fully saturated rings. The summed E-state index contributed by atoms with van der Waals surface area (Å²) in [6.07, 6.45) is -9.32. The number of anilines is 2. The summed E-state index contributed by atoms with van der Waals surface area (Å²) in [4.78, 5) is 0. The van der Waals surface area contributed by atoms with Gasteiger partial charge in [-0.25, -0.2) is 0 Å². The quantitative estimate of drug-likeness (QED) is 0.134. The fourth-order valence-corrected chi connectivity index (χ4v) is 6.97. The lowest BCUT2D eigenvalue weighted by atomic mass is 9.67. The Bertz CT molecular complexity index is 2150. The fourth-order valence-electron chi connectivity index (χ4n) is 6.97. The van der Waals surface area contributed by atoms with E-state index in [1.54, 1.807) is 26.0 Å². The van der Waals surface area contributed by atoms with Gasteiger partial charge in [-0.05, 0) is 94.8 Å². The predicted molar refractivity (Wildman–Crippen MR) is 185 cm³/mol. The van der Waals surface area contributed by atoms with Crippen LogP contribution in [0, 0.1) is 13.8 Å². The average Bonchev–Trinajstić information content (AvgIpc) is 3.37. The van der Waals surface area contributed by atoms with E-state index in [-0.39, 0.29) is 22.9 Å². The molecule has 0 saturated heterocycles. The summed E-state index contributed by atoms with van der Waals surface area (Å²) >= 11 is 0. The summed E-state index contributed by atoms with van der Waals surface area (Å²) in [6, 6.07) is 33.0. The minimum atomic E-state index is -4.66. The van der Waals surface area contributed by atoms with Crippen molar-refractivity contribution in [1.82, 2.24) is 0 Å². The standard InChI is InChI=1S/C41H30F6N2O2/c1-23-19-25(11-17-35(23)50-37-21-27(48)13-15-33(37)40(42,43)44)39(31-9-5-3-7-29(31)30-8-4-6-10-32(30)39)26-12-18-36(24(2)20-26)51-38-22-28(49)14-16-34(38)41(45,46)47/h3-22H,48-49H2,1-2H3. The molecule has 0 spiro atoms. The van der Waals surface area contributed by atoms with Crippen LogP contribution in [0.2, 0.25) is 0 Å². The van der Waals surface area contributed by atoms with Gasteiger partial charge in [0.1, 0.15) is 23.0 Å². The number of hydrogen-bond donors (Lipinski definition) is 2. The molecule has 0 aliphatic heterocycles. The van der Waals surface area contributed by atoms with E-state index in [0.29, 0.717) is 11.1 Å². The first-order valence-electron chi connectivity index (χ1n) is 15.9. The first-order valence-corrected chi connectivity index (χ1v) is 15.9. The zero-order chi connectivity index (χ0) is 36.3. The molecule has 4 N–H and O–H groups in total. The molecule has 6 aromatic carbocycles. The maximum absolute atomic E-state index is 13.9. The highest BCUT2D eigenvalue weighted by Gasteiger charge is 2.46. The third-order valence-electron chi connectivity index (χ3n) is 9.23. The van der Waals surface area contributed by atoms with Crippen LogP contribution in [0.25, 0.3) is 11.1 Å². The first kappa shape index (κ1) is 33.6. The molecule has 0 heterocycles. The number of ether oxygens (including phenoxy) is 2. The number of hydrogen-bond acceptors (Lipinski definition) is 4. The van der Waals surface area contributed by atoms with Gasteiger partial charge in [-0.1, -0.05) is 72.8 Å². The molecule has 0 radical (unpaired) electrons. The van der Waals surface area contributed by atoms with Gasteiger partial charge in [-0.15, -0.1) is 0 Å². The van der Waals surface area contributed by atoms with Crippen molar-refractivity contribution >= 4 is 11.4 Å². The number of nitrogen functional groups attached to an aromatic ring is 2. The number of benzene rings is 6. The van der Waals surface area contributed by atoms with Crippen LogP contribution < -0.4 is 20.9 Å². The van der Waals surface area contributed by atoms with Crippen LogP contribution in [0.4, 0.5) is 37.7 Å². The molecule has 0 saturated carbocycles. The smallest absolute Gasteiger partial charge is 0.419 e. The molecular weight excluding hydrogens is 666 g/mol. The van der Waals surface area contributed by atoms with E-state index >= 15 is 0 Å². The molecule has 7 rings (SSSR count). The minimum absolute atomic E-state index is 0.124. The van der Waals surface area contributed by atoms with Gasteiger partial charge in [0.2, 0.25) is 0 Å². The van der Waals surface area contributed by atoms with Crippen LogP contribution in [-0.2, 0) is 17.8 Å². The second kappa shape index (κ2) is 12.2. The third kappa shape index (κ3) is 5.80. The Morgan fingerprint density at radius 3 is 1.24 bits per heavy atom. The number of nitrogens with two attached hydrogens (primary N) is 2. The van der Waals surface area contributed by atoms with Gasteiger partial charge in [-0.3, -0.25) is 0 Å². The number of rotatable bonds is 6. The predicted octanol–water partition coefficient (Wildman–Crippen LogP) is 11.5. The van der Waals surface area contributed by atoms with Crippen molar-refractivity contribution in [3.63, 3.8) is 0 Å². The molecule has 258 valence electrons. The average molecular weight is 697 g/mol. The van der Waals surface area contributed by atoms with Crippen molar-refractivity contribution in [1.29, 1.82) is 0 Å². The topological polar surface area (TPSA) is 70.5 Å². The second-order valence-electron chi connectivity index (χ2n) is 12.5. The Morgan fingerprint density at radius 2 is 0.863 bits per heavy atom. The van der Waals surface area contributed by atoms with Crippen LogP contribution in [0.1, 0.15) is 44.5 Å². The van der Waals surface area contributed by atoms with Crippen molar-refractivity contribution < 1.29 is 35.8 Å². The van der Waals surface area contributed by atoms with Crippen LogP contribution in [0.5, 0.6) is 23.0 Å². The van der Waals surface area contributed by atoms with Gasteiger partial charge >= 0.3 is 12.4 Å². The minimum Gasteiger partial charge on any atom is -0.456 e. The van der Waals surface area contributed by atoms with Crippen molar-refractivity contribution in [2.24, 2.45) is 0 Å². The highest BCUT2D eigenvalue weighted by molar-refractivity contribution is 5.86. The number of halogens is 6. The number of alkyl halides is 6. The fraction of sp³-hybridized carbons (Fsp3) is 0.122. The van der Waals surface area contributed by atoms with E-state index < -0.39 is 40.4 Å². The molecule has 10 heteroatoms. The Labute approximate surface area is 289 Å². The maximum atomic E-state index is 13.9. The molecular formula is C41H30F6N2O2. The maximum Gasteiger partial charge on any atom is 0.419 e. The molecule has 4 nitrogen and oxygen atoms in total. The summed E-state index contributed by atoms with van der Waals surface area (Å²) in [5.74, 6) is -0.395. The van der Waals surface area contributed by atoms with Crippen LogP contribution in [-0.4, -0.2) is 0 Å². The normalized spacial score (nSPS) is 13.4. The van der Waals surface area contributed by atoms with E-state index in [4.69, 9.17) is 20.9 Å². The van der Waals surface area contributed by atoms with Crippen molar-refractivity contribution in [3.8, 4) is 34.1 Å². The van der Waals surface area contributed by atoms with Crippen molar-refractivity contribution in [2.75, 3.05) is 11.5 Å². The Balaban J connectivity index is 1.38. The molecule has 51 heavy (non-hydrogen) atoms. The summed E-state index contributed by atoms with van der Waals surface area (Å²) in [5, 5.41) is 0. The van der Waals surface area contributed by atoms with E-state index in [2.05, 4.69) is 0 Å². The Kier molecular flexibility index (Phi) is 8.00. The zero-order valence-electron chi connectivity index (χ0n) is 27.3. The van der Waals surface area contributed by atoms with Crippen LogP contribution in [0.3, 0.4) is 0 Å². The van der Waals surface area contributed by atoms with E-state index in [1.807, 2.05) is 72.8 Å².